The van der Waals surface area contributed by atoms with E-state index in [1.54, 1.807) is 0 Å². The minimum Gasteiger partial charge on any atom is -0.378 e. The van der Waals surface area contributed by atoms with Crippen molar-refractivity contribution in [2.24, 2.45) is 11.8 Å². The average Bonchev–Trinajstić information content (AvgIpc) is 2.36. The predicted octanol–water partition coefficient (Wildman–Crippen LogP) is 3.40. The van der Waals surface area contributed by atoms with E-state index >= 15 is 0 Å². The van der Waals surface area contributed by atoms with E-state index in [4.69, 9.17) is 0 Å². The topological polar surface area (TPSA) is 23.5 Å². The van der Waals surface area contributed by atoms with Gasteiger partial charge >= 0.3 is 0 Å². The molecule has 2 aliphatic rings. The Morgan fingerprint density at radius 1 is 1.24 bits per heavy atom. The lowest BCUT2D eigenvalue weighted by atomic mass is 9.72. The molecule has 0 aromatic rings. The maximum atomic E-state index is 10.4. The van der Waals surface area contributed by atoms with E-state index in [0.717, 1.165) is 31.2 Å². The first-order valence-electron chi connectivity index (χ1n) is 7.67. The van der Waals surface area contributed by atoms with Crippen molar-refractivity contribution in [2.45, 2.75) is 77.5 Å². The van der Waals surface area contributed by atoms with Crippen molar-refractivity contribution in [1.82, 2.24) is 4.90 Å². The lowest BCUT2D eigenvalue weighted by molar-refractivity contribution is -0.0846. The second-order valence-electron chi connectivity index (χ2n) is 6.14. The summed E-state index contributed by atoms with van der Waals surface area (Å²) in [7, 11) is 0. The van der Waals surface area contributed by atoms with Crippen molar-refractivity contribution in [3.05, 3.63) is 0 Å². The van der Waals surface area contributed by atoms with Gasteiger partial charge in [-0.3, -0.25) is 4.90 Å². The van der Waals surface area contributed by atoms with Gasteiger partial charge in [-0.25, -0.2) is 0 Å². The Morgan fingerprint density at radius 2 is 2.06 bits per heavy atom. The van der Waals surface area contributed by atoms with Crippen LogP contribution >= 0.6 is 0 Å². The van der Waals surface area contributed by atoms with Crippen LogP contribution in [0, 0.1) is 11.8 Å². The van der Waals surface area contributed by atoms with Crippen LogP contribution in [0.25, 0.3) is 0 Å². The summed E-state index contributed by atoms with van der Waals surface area (Å²) in [5, 5.41) is 10.4. The highest BCUT2D eigenvalue weighted by Crippen LogP contribution is 2.39. The molecule has 0 radical (unpaired) electrons. The molecule has 1 N–H and O–H groups in total. The second kappa shape index (κ2) is 6.19. The van der Waals surface area contributed by atoms with Gasteiger partial charge in [0, 0.05) is 12.6 Å². The first-order chi connectivity index (χ1) is 8.24. The van der Waals surface area contributed by atoms with Gasteiger partial charge in [-0.15, -0.1) is 0 Å². The molecule has 1 saturated heterocycles. The van der Waals surface area contributed by atoms with Crippen molar-refractivity contribution >= 4 is 0 Å². The molecule has 100 valence electrons. The molecule has 1 aliphatic carbocycles. The number of unbranched alkanes of at least 4 members (excludes halogenated alkanes) is 1. The number of likely N-dealkylation sites (tertiary alicyclic amines) is 1. The zero-order valence-electron chi connectivity index (χ0n) is 11.6. The fraction of sp³-hybridized carbons (Fsp3) is 1.00. The Kier molecular flexibility index (Phi) is 4.87. The van der Waals surface area contributed by atoms with Crippen LogP contribution < -0.4 is 0 Å². The van der Waals surface area contributed by atoms with E-state index in [9.17, 15) is 5.11 Å². The minimum atomic E-state index is -0.173. The maximum absolute atomic E-state index is 10.4. The number of piperidine rings is 1. The van der Waals surface area contributed by atoms with E-state index in [2.05, 4.69) is 18.7 Å². The van der Waals surface area contributed by atoms with Crippen LogP contribution in [0.4, 0.5) is 0 Å². The average molecular weight is 239 g/mol. The van der Waals surface area contributed by atoms with Crippen LogP contribution in [-0.2, 0) is 0 Å². The summed E-state index contributed by atoms with van der Waals surface area (Å²) in [4.78, 5) is 2.43. The Hall–Kier alpha value is -0.0800. The van der Waals surface area contributed by atoms with Crippen LogP contribution in [0.15, 0.2) is 0 Å². The first-order valence-corrected chi connectivity index (χ1v) is 7.67. The van der Waals surface area contributed by atoms with Crippen molar-refractivity contribution in [1.29, 1.82) is 0 Å². The van der Waals surface area contributed by atoms with Gasteiger partial charge in [-0.2, -0.15) is 0 Å². The number of hydrogen-bond acceptors (Lipinski definition) is 2. The van der Waals surface area contributed by atoms with Crippen molar-refractivity contribution in [3.8, 4) is 0 Å². The van der Waals surface area contributed by atoms with Gasteiger partial charge in [0.05, 0.1) is 0 Å². The quantitative estimate of drug-likeness (QED) is 0.813. The highest BCUT2D eigenvalue weighted by molar-refractivity contribution is 4.91. The monoisotopic (exact) mass is 239 g/mol. The highest BCUT2D eigenvalue weighted by Gasteiger charge is 2.38. The molecule has 2 heteroatoms. The predicted molar refractivity (Wildman–Crippen MR) is 71.8 cm³/mol. The van der Waals surface area contributed by atoms with Crippen molar-refractivity contribution in [3.63, 3.8) is 0 Å². The standard InChI is InChI=1S/C15H29NO/c1-3-4-10-15(17)16-11-6-8-13-12(2)7-5-9-14(13)16/h12-15,17H,3-11H2,1-2H3. The van der Waals surface area contributed by atoms with Gasteiger partial charge in [-0.1, -0.05) is 33.1 Å². The largest absolute Gasteiger partial charge is 0.378 e. The zero-order chi connectivity index (χ0) is 12.3. The molecule has 2 fully saturated rings. The molecule has 1 saturated carbocycles. The van der Waals surface area contributed by atoms with Gasteiger partial charge in [0.2, 0.25) is 0 Å². The smallest absolute Gasteiger partial charge is 0.107 e. The molecule has 0 aromatic heterocycles. The Labute approximate surface area is 106 Å². The molecule has 0 aromatic carbocycles. The Morgan fingerprint density at radius 3 is 2.82 bits per heavy atom. The molecule has 2 rings (SSSR count). The third kappa shape index (κ3) is 3.03. The lowest BCUT2D eigenvalue weighted by Gasteiger charge is -2.48. The normalized spacial score (nSPS) is 36.5. The van der Waals surface area contributed by atoms with E-state index in [1.807, 2.05) is 0 Å². The third-order valence-corrected chi connectivity index (χ3v) is 4.96. The fourth-order valence-electron chi connectivity index (χ4n) is 3.94. The highest BCUT2D eigenvalue weighted by atomic mass is 16.3. The second-order valence-corrected chi connectivity index (χ2v) is 6.14. The summed E-state index contributed by atoms with van der Waals surface area (Å²) in [6, 6.07) is 0.680. The number of fused-ring (bicyclic) bond motifs is 1. The molecule has 1 aliphatic heterocycles. The van der Waals surface area contributed by atoms with E-state index < -0.39 is 0 Å². The molecule has 2 nitrogen and oxygen atoms in total. The molecule has 17 heavy (non-hydrogen) atoms. The molecular weight excluding hydrogens is 210 g/mol. The van der Waals surface area contributed by atoms with Crippen LogP contribution in [0.1, 0.15) is 65.2 Å². The maximum Gasteiger partial charge on any atom is 0.107 e. The molecule has 4 unspecified atom stereocenters. The Bertz CT molecular complexity index is 231. The zero-order valence-corrected chi connectivity index (χ0v) is 11.6. The van der Waals surface area contributed by atoms with Crippen LogP contribution in [0.2, 0.25) is 0 Å². The number of hydrogen-bond donors (Lipinski definition) is 1. The number of nitrogens with zero attached hydrogens (tertiary/aromatic N) is 1. The van der Waals surface area contributed by atoms with Gasteiger partial charge in [0.15, 0.2) is 0 Å². The fourth-order valence-corrected chi connectivity index (χ4v) is 3.94. The molecule has 0 bridgehead atoms. The summed E-state index contributed by atoms with van der Waals surface area (Å²) in [6.07, 6.45) is 9.90. The molecular formula is C15H29NO. The molecule has 1 heterocycles. The molecule has 0 amide bonds. The number of aliphatic hydroxyl groups is 1. The van der Waals surface area contributed by atoms with E-state index in [-0.39, 0.29) is 6.23 Å². The van der Waals surface area contributed by atoms with E-state index in [1.165, 1.54) is 38.5 Å². The lowest BCUT2D eigenvalue weighted by Crippen LogP contribution is -2.53. The molecule has 4 atom stereocenters. The van der Waals surface area contributed by atoms with Crippen molar-refractivity contribution < 1.29 is 5.11 Å². The van der Waals surface area contributed by atoms with E-state index in [0.29, 0.717) is 6.04 Å². The van der Waals surface area contributed by atoms with Gasteiger partial charge < -0.3 is 5.11 Å². The van der Waals surface area contributed by atoms with Gasteiger partial charge in [-0.05, 0) is 43.9 Å². The number of aliphatic hydroxyl groups excluding tert-OH is 1. The summed E-state index contributed by atoms with van der Waals surface area (Å²) in [5.74, 6) is 1.73. The summed E-state index contributed by atoms with van der Waals surface area (Å²) in [5.41, 5.74) is 0. The van der Waals surface area contributed by atoms with Gasteiger partial charge in [0.1, 0.15) is 6.23 Å². The summed E-state index contributed by atoms with van der Waals surface area (Å²) < 4.78 is 0. The minimum absolute atomic E-state index is 0.173. The Balaban J connectivity index is 1.96. The number of rotatable bonds is 4. The van der Waals surface area contributed by atoms with Crippen LogP contribution in [-0.4, -0.2) is 28.8 Å². The third-order valence-electron chi connectivity index (χ3n) is 4.96. The van der Waals surface area contributed by atoms with Gasteiger partial charge in [0.25, 0.3) is 0 Å². The van der Waals surface area contributed by atoms with Crippen molar-refractivity contribution in [2.75, 3.05) is 6.54 Å². The SMILES string of the molecule is CCCCC(O)N1CCCC2C(C)CCCC21. The van der Waals surface area contributed by atoms with Crippen LogP contribution in [0.5, 0.6) is 0 Å². The summed E-state index contributed by atoms with van der Waals surface area (Å²) >= 11 is 0. The van der Waals surface area contributed by atoms with Crippen LogP contribution in [0.3, 0.4) is 0 Å². The summed E-state index contributed by atoms with van der Waals surface area (Å²) in [6.45, 7) is 5.74. The first kappa shape index (κ1) is 13.4. The molecule has 0 spiro atoms.